The maximum atomic E-state index is 12.0. The number of hydrogen-bond donors (Lipinski definition) is 1. The molecule has 2 heterocycles. The molecule has 8 heteroatoms. The van der Waals surface area contributed by atoms with Crippen LogP contribution in [0.5, 0.6) is 5.88 Å². The number of likely N-dealkylation sites (N-methyl/N-ethyl adjacent to an activating group) is 1. The van der Waals surface area contributed by atoms with E-state index < -0.39 is 10.0 Å². The van der Waals surface area contributed by atoms with Crippen molar-refractivity contribution in [1.29, 1.82) is 0 Å². The van der Waals surface area contributed by atoms with Crippen molar-refractivity contribution in [3.8, 4) is 5.88 Å². The second-order valence-electron chi connectivity index (χ2n) is 5.79. The molecule has 1 saturated heterocycles. The summed E-state index contributed by atoms with van der Waals surface area (Å²) in [7, 11) is 0.232. The number of nitrogens with zero attached hydrogens (tertiary/aromatic N) is 3. The average Bonchev–Trinajstić information content (AvgIpc) is 2.54. The summed E-state index contributed by atoms with van der Waals surface area (Å²) in [4.78, 5) is 8.91. The van der Waals surface area contributed by atoms with Crippen molar-refractivity contribution >= 4 is 21.5 Å². The Hall–Kier alpha value is -1.54. The first-order chi connectivity index (χ1) is 10.9. The van der Waals surface area contributed by atoms with Gasteiger partial charge in [0.25, 0.3) is 0 Å². The van der Waals surface area contributed by atoms with Gasteiger partial charge in [0.2, 0.25) is 15.9 Å². The zero-order chi connectivity index (χ0) is 16.9. The van der Waals surface area contributed by atoms with Crippen LogP contribution in [-0.2, 0) is 10.0 Å². The molecule has 1 aliphatic rings. The summed E-state index contributed by atoms with van der Waals surface area (Å²) in [5.41, 5.74) is 0.390. The highest BCUT2D eigenvalue weighted by molar-refractivity contribution is 7.92. The molecule has 0 unspecified atom stereocenters. The average molecular weight is 342 g/mol. The minimum atomic E-state index is -3.36. The normalized spacial score (nSPS) is 16.4. The van der Waals surface area contributed by atoms with E-state index in [1.54, 1.807) is 6.07 Å². The zero-order valence-corrected chi connectivity index (χ0v) is 14.9. The van der Waals surface area contributed by atoms with Crippen LogP contribution < -0.4 is 14.4 Å². The van der Waals surface area contributed by atoms with Crippen molar-refractivity contribution < 1.29 is 13.2 Å². The fourth-order valence-corrected chi connectivity index (χ4v) is 3.69. The molecule has 0 aromatic carbocycles. The molecule has 1 N–H and O–H groups in total. The number of aromatic nitrogens is 1. The summed E-state index contributed by atoms with van der Waals surface area (Å²) in [5.74, 6) is 1.22. The molecule has 0 spiro atoms. The van der Waals surface area contributed by atoms with Gasteiger partial charge in [-0.05, 0) is 25.6 Å². The first kappa shape index (κ1) is 17.8. The molecule has 7 nitrogen and oxygen atoms in total. The summed E-state index contributed by atoms with van der Waals surface area (Å²) in [6.07, 6.45) is 1.46. The van der Waals surface area contributed by atoms with Gasteiger partial charge in [-0.1, -0.05) is 13.3 Å². The maximum absolute atomic E-state index is 12.0. The smallest absolute Gasteiger partial charge is 0.240 e. The monoisotopic (exact) mass is 342 g/mol. The van der Waals surface area contributed by atoms with E-state index in [4.69, 9.17) is 4.74 Å². The number of ether oxygens (including phenoxy) is 1. The van der Waals surface area contributed by atoms with Gasteiger partial charge < -0.3 is 14.5 Å². The third-order valence-electron chi connectivity index (χ3n) is 3.90. The molecule has 1 aliphatic heterocycles. The quantitative estimate of drug-likeness (QED) is 0.807. The van der Waals surface area contributed by atoms with Gasteiger partial charge in [-0.3, -0.25) is 4.72 Å². The third kappa shape index (κ3) is 4.97. The summed E-state index contributed by atoms with van der Waals surface area (Å²) in [5, 5.41) is 0. The molecular formula is C15H26N4O3S. The Morgan fingerprint density at radius 3 is 2.57 bits per heavy atom. The van der Waals surface area contributed by atoms with Crippen LogP contribution in [0.15, 0.2) is 12.1 Å². The minimum Gasteiger partial charge on any atom is -0.479 e. The standard InChI is InChI=1S/C15H26N4O3S/c1-4-5-12-23(20,21)17-13-6-7-14(16-15(13)22-3)19-10-8-18(2)9-11-19/h6-7,17H,4-5,8-12H2,1-3H3. The number of anilines is 2. The SMILES string of the molecule is CCCCS(=O)(=O)Nc1ccc(N2CCN(C)CC2)nc1OC. The van der Waals surface area contributed by atoms with E-state index in [9.17, 15) is 8.42 Å². The van der Waals surface area contributed by atoms with Gasteiger partial charge in [0.15, 0.2) is 0 Å². The highest BCUT2D eigenvalue weighted by Crippen LogP contribution is 2.27. The van der Waals surface area contributed by atoms with Gasteiger partial charge in [0.05, 0.1) is 12.9 Å². The van der Waals surface area contributed by atoms with Crippen molar-refractivity contribution in [3.63, 3.8) is 0 Å². The first-order valence-corrected chi connectivity index (χ1v) is 9.59. The Kier molecular flexibility index (Phi) is 6.06. The van der Waals surface area contributed by atoms with Crippen LogP contribution in [0.4, 0.5) is 11.5 Å². The topological polar surface area (TPSA) is 74.8 Å². The molecule has 1 aromatic rings. The van der Waals surface area contributed by atoms with E-state index in [2.05, 4.69) is 26.6 Å². The Labute approximate surface area is 138 Å². The Morgan fingerprint density at radius 1 is 1.26 bits per heavy atom. The lowest BCUT2D eigenvalue weighted by Crippen LogP contribution is -2.44. The molecule has 0 bridgehead atoms. The molecule has 0 amide bonds. The number of pyridine rings is 1. The predicted molar refractivity (Wildman–Crippen MR) is 92.8 cm³/mol. The van der Waals surface area contributed by atoms with Crippen LogP contribution >= 0.6 is 0 Å². The van der Waals surface area contributed by atoms with Crippen molar-refractivity contribution in [3.05, 3.63) is 12.1 Å². The number of rotatable bonds is 7. The zero-order valence-electron chi connectivity index (χ0n) is 14.1. The molecule has 0 atom stereocenters. The van der Waals surface area contributed by atoms with Crippen LogP contribution in [0, 0.1) is 0 Å². The molecule has 1 aromatic heterocycles. The second-order valence-corrected chi connectivity index (χ2v) is 7.63. The van der Waals surface area contributed by atoms with E-state index in [-0.39, 0.29) is 5.75 Å². The van der Waals surface area contributed by atoms with Gasteiger partial charge in [-0.25, -0.2) is 8.42 Å². The highest BCUT2D eigenvalue weighted by Gasteiger charge is 2.19. The van der Waals surface area contributed by atoms with E-state index in [0.29, 0.717) is 18.0 Å². The summed E-state index contributed by atoms with van der Waals surface area (Å²) in [6, 6.07) is 3.56. The van der Waals surface area contributed by atoms with Gasteiger partial charge in [-0.15, -0.1) is 0 Å². The van der Waals surface area contributed by atoms with E-state index in [0.717, 1.165) is 38.4 Å². The van der Waals surface area contributed by atoms with Crippen LogP contribution in [0.25, 0.3) is 0 Å². The third-order valence-corrected chi connectivity index (χ3v) is 5.26. The largest absolute Gasteiger partial charge is 0.479 e. The van der Waals surface area contributed by atoms with E-state index in [1.165, 1.54) is 7.11 Å². The van der Waals surface area contributed by atoms with Crippen LogP contribution in [0.2, 0.25) is 0 Å². The molecule has 23 heavy (non-hydrogen) atoms. The van der Waals surface area contributed by atoms with Gasteiger partial charge in [0, 0.05) is 26.2 Å². The van der Waals surface area contributed by atoms with Gasteiger partial charge in [0.1, 0.15) is 11.5 Å². The van der Waals surface area contributed by atoms with Gasteiger partial charge >= 0.3 is 0 Å². The summed E-state index contributed by atoms with van der Waals surface area (Å²) >= 11 is 0. The number of unbranched alkanes of at least 4 members (excludes halogenated alkanes) is 1. The fourth-order valence-electron chi connectivity index (χ4n) is 2.43. The number of methoxy groups -OCH3 is 1. The predicted octanol–water partition coefficient (Wildman–Crippen LogP) is 1.38. The van der Waals surface area contributed by atoms with Crippen molar-refractivity contribution in [2.24, 2.45) is 0 Å². The lowest BCUT2D eigenvalue weighted by molar-refractivity contribution is 0.311. The number of nitrogens with one attached hydrogen (secondary N) is 1. The molecule has 0 aliphatic carbocycles. The highest BCUT2D eigenvalue weighted by atomic mass is 32.2. The molecule has 0 saturated carbocycles. The Morgan fingerprint density at radius 2 is 1.96 bits per heavy atom. The lowest BCUT2D eigenvalue weighted by atomic mass is 10.3. The van der Waals surface area contributed by atoms with Crippen molar-refractivity contribution in [2.45, 2.75) is 19.8 Å². The van der Waals surface area contributed by atoms with Gasteiger partial charge in [-0.2, -0.15) is 4.98 Å². The number of hydrogen-bond acceptors (Lipinski definition) is 6. The first-order valence-electron chi connectivity index (χ1n) is 7.94. The molecule has 2 rings (SSSR count). The molecule has 130 valence electrons. The maximum Gasteiger partial charge on any atom is 0.240 e. The summed E-state index contributed by atoms with van der Waals surface area (Å²) < 4.78 is 31.9. The molecule has 1 fully saturated rings. The van der Waals surface area contributed by atoms with Crippen LogP contribution in [0.3, 0.4) is 0 Å². The van der Waals surface area contributed by atoms with Crippen molar-refractivity contribution in [1.82, 2.24) is 9.88 Å². The Bertz CT molecular complexity index is 613. The minimum absolute atomic E-state index is 0.104. The van der Waals surface area contributed by atoms with Crippen molar-refractivity contribution in [2.75, 3.05) is 55.7 Å². The molecule has 0 radical (unpaired) electrons. The Balaban J connectivity index is 2.13. The second kappa shape index (κ2) is 7.83. The summed E-state index contributed by atoms with van der Waals surface area (Å²) in [6.45, 7) is 5.72. The number of sulfonamides is 1. The van der Waals surface area contributed by atoms with E-state index >= 15 is 0 Å². The van der Waals surface area contributed by atoms with Crippen LogP contribution in [-0.4, -0.2) is 64.4 Å². The fraction of sp³-hybridized carbons (Fsp3) is 0.667. The number of piperazine rings is 1. The van der Waals surface area contributed by atoms with Crippen LogP contribution in [0.1, 0.15) is 19.8 Å². The molecular weight excluding hydrogens is 316 g/mol. The van der Waals surface area contributed by atoms with E-state index in [1.807, 2.05) is 13.0 Å². The lowest BCUT2D eigenvalue weighted by Gasteiger charge is -2.33.